The van der Waals surface area contributed by atoms with Crippen molar-refractivity contribution in [2.75, 3.05) is 19.0 Å². The van der Waals surface area contributed by atoms with Gasteiger partial charge in [-0.1, -0.05) is 0 Å². The second-order valence-electron chi connectivity index (χ2n) is 3.27. The van der Waals surface area contributed by atoms with E-state index in [4.69, 9.17) is 5.73 Å². The summed E-state index contributed by atoms with van der Waals surface area (Å²) in [6.45, 7) is 0.175. The molecule has 0 unspecified atom stereocenters. The number of hydrogen-bond donors (Lipinski definition) is 2. The number of carbonyl (C=O) groups excluding carboxylic acids is 2. The molecule has 92 valence electrons. The summed E-state index contributed by atoms with van der Waals surface area (Å²) in [6, 6.07) is 3.42. The molecule has 0 bridgehead atoms. The lowest BCUT2D eigenvalue weighted by Crippen LogP contribution is -2.18. The fourth-order valence-corrected chi connectivity index (χ4v) is 1.25. The Bertz CT molecular complexity index is 435. The van der Waals surface area contributed by atoms with Gasteiger partial charge in [0.1, 0.15) is 5.82 Å². The van der Waals surface area contributed by atoms with Gasteiger partial charge in [-0.05, 0) is 18.2 Å². The van der Waals surface area contributed by atoms with Gasteiger partial charge in [0, 0.05) is 13.0 Å². The molecule has 1 rings (SSSR count). The highest BCUT2D eigenvalue weighted by molar-refractivity contribution is 6.01. The maximum Gasteiger partial charge on any atom is 0.339 e. The summed E-state index contributed by atoms with van der Waals surface area (Å²) in [5, 5.41) is 2.41. The Morgan fingerprint density at radius 3 is 2.76 bits per heavy atom. The zero-order valence-electron chi connectivity index (χ0n) is 9.33. The third-order valence-electron chi connectivity index (χ3n) is 2.03. The average Bonchev–Trinajstić information content (AvgIpc) is 2.28. The zero-order chi connectivity index (χ0) is 12.8. The lowest BCUT2D eigenvalue weighted by Gasteiger charge is -2.09. The van der Waals surface area contributed by atoms with Crippen molar-refractivity contribution in [1.29, 1.82) is 0 Å². The number of anilines is 1. The minimum atomic E-state index is -0.645. The molecule has 0 radical (unpaired) electrons. The summed E-state index contributed by atoms with van der Waals surface area (Å²) in [4.78, 5) is 22.7. The van der Waals surface area contributed by atoms with Crippen LogP contribution < -0.4 is 11.1 Å². The van der Waals surface area contributed by atoms with Gasteiger partial charge >= 0.3 is 5.97 Å². The molecule has 0 saturated carbocycles. The number of hydrogen-bond acceptors (Lipinski definition) is 4. The highest BCUT2D eigenvalue weighted by Crippen LogP contribution is 2.18. The molecule has 0 spiro atoms. The molecule has 0 aliphatic heterocycles. The Morgan fingerprint density at radius 2 is 2.18 bits per heavy atom. The summed E-state index contributed by atoms with van der Waals surface area (Å²) in [7, 11) is 1.21. The minimum Gasteiger partial charge on any atom is -0.465 e. The first kappa shape index (κ1) is 13.1. The van der Waals surface area contributed by atoms with Gasteiger partial charge in [0.15, 0.2) is 0 Å². The average molecular weight is 240 g/mol. The molecule has 0 saturated heterocycles. The Hall–Kier alpha value is -1.95. The van der Waals surface area contributed by atoms with E-state index in [9.17, 15) is 14.0 Å². The maximum absolute atomic E-state index is 13.0. The quantitative estimate of drug-likeness (QED) is 0.766. The summed E-state index contributed by atoms with van der Waals surface area (Å²) in [6.07, 6.45) is 0.0944. The van der Waals surface area contributed by atoms with E-state index in [0.29, 0.717) is 0 Å². The number of benzene rings is 1. The van der Waals surface area contributed by atoms with Gasteiger partial charge in [0.25, 0.3) is 0 Å². The lowest BCUT2D eigenvalue weighted by molar-refractivity contribution is -0.116. The lowest BCUT2D eigenvalue weighted by atomic mass is 10.1. The van der Waals surface area contributed by atoms with Crippen LogP contribution in [0.25, 0.3) is 0 Å². The van der Waals surface area contributed by atoms with E-state index in [1.165, 1.54) is 13.2 Å². The first-order chi connectivity index (χ1) is 8.08. The molecule has 17 heavy (non-hydrogen) atoms. The molecule has 1 aromatic carbocycles. The number of methoxy groups -OCH3 is 1. The Kier molecular flexibility index (Phi) is 4.59. The van der Waals surface area contributed by atoms with Crippen molar-refractivity contribution >= 4 is 17.6 Å². The molecule has 1 aromatic rings. The molecule has 3 N–H and O–H groups in total. The molecule has 0 fully saturated rings. The smallest absolute Gasteiger partial charge is 0.339 e. The van der Waals surface area contributed by atoms with Crippen molar-refractivity contribution in [3.8, 4) is 0 Å². The number of nitrogens with two attached hydrogens (primary N) is 1. The number of halogens is 1. The molecule has 1 amide bonds. The number of rotatable bonds is 4. The molecule has 0 aliphatic rings. The fraction of sp³-hybridized carbons (Fsp3) is 0.273. The first-order valence-electron chi connectivity index (χ1n) is 4.96. The third kappa shape index (κ3) is 3.53. The van der Waals surface area contributed by atoms with Crippen LogP contribution in [0.15, 0.2) is 18.2 Å². The van der Waals surface area contributed by atoms with Crippen LogP contribution in [-0.2, 0) is 9.53 Å². The van der Waals surface area contributed by atoms with Crippen LogP contribution in [0.2, 0.25) is 0 Å². The first-order valence-corrected chi connectivity index (χ1v) is 4.96. The monoisotopic (exact) mass is 240 g/mol. The van der Waals surface area contributed by atoms with Gasteiger partial charge in [-0.25, -0.2) is 9.18 Å². The predicted octanol–water partition coefficient (Wildman–Crippen LogP) is 0.900. The van der Waals surface area contributed by atoms with Crippen molar-refractivity contribution < 1.29 is 18.7 Å². The number of carbonyl (C=O) groups is 2. The summed E-state index contributed by atoms with van der Waals surface area (Å²) >= 11 is 0. The van der Waals surface area contributed by atoms with Gasteiger partial charge < -0.3 is 15.8 Å². The van der Waals surface area contributed by atoms with E-state index in [2.05, 4.69) is 10.1 Å². The minimum absolute atomic E-state index is 0.0790. The van der Waals surface area contributed by atoms with Crippen molar-refractivity contribution in [2.24, 2.45) is 5.73 Å². The van der Waals surface area contributed by atoms with Crippen LogP contribution in [0.4, 0.5) is 10.1 Å². The van der Waals surface area contributed by atoms with Crippen molar-refractivity contribution in [3.05, 3.63) is 29.6 Å². The van der Waals surface area contributed by atoms with Crippen LogP contribution >= 0.6 is 0 Å². The Balaban J connectivity index is 2.99. The second-order valence-corrected chi connectivity index (χ2v) is 3.27. The second kappa shape index (κ2) is 5.95. The highest BCUT2D eigenvalue weighted by Gasteiger charge is 2.14. The van der Waals surface area contributed by atoms with Crippen molar-refractivity contribution in [3.63, 3.8) is 0 Å². The van der Waals surface area contributed by atoms with E-state index in [1.54, 1.807) is 0 Å². The predicted molar refractivity (Wildman–Crippen MR) is 60.0 cm³/mol. The van der Waals surface area contributed by atoms with Gasteiger partial charge in [0.05, 0.1) is 18.4 Å². The zero-order valence-corrected chi connectivity index (χ0v) is 9.33. The highest BCUT2D eigenvalue weighted by atomic mass is 19.1. The van der Waals surface area contributed by atoms with Crippen LogP contribution in [0.3, 0.4) is 0 Å². The van der Waals surface area contributed by atoms with E-state index in [1.807, 2.05) is 0 Å². The Labute approximate surface area is 97.7 Å². The van der Waals surface area contributed by atoms with Crippen molar-refractivity contribution in [2.45, 2.75) is 6.42 Å². The van der Waals surface area contributed by atoms with Crippen LogP contribution in [0.5, 0.6) is 0 Å². The number of amides is 1. The van der Waals surface area contributed by atoms with Gasteiger partial charge in [0.2, 0.25) is 5.91 Å². The van der Waals surface area contributed by atoms with Crippen LogP contribution in [0.1, 0.15) is 16.8 Å². The molecule has 0 heterocycles. The third-order valence-corrected chi connectivity index (χ3v) is 2.03. The molecule has 0 aromatic heterocycles. The fourth-order valence-electron chi connectivity index (χ4n) is 1.25. The molecular formula is C11H13FN2O3. The van der Waals surface area contributed by atoms with E-state index < -0.39 is 11.8 Å². The largest absolute Gasteiger partial charge is 0.465 e. The van der Waals surface area contributed by atoms with Crippen LogP contribution in [0, 0.1) is 5.82 Å². The van der Waals surface area contributed by atoms with E-state index in [-0.39, 0.29) is 30.1 Å². The Morgan fingerprint density at radius 1 is 1.47 bits per heavy atom. The van der Waals surface area contributed by atoms with E-state index in [0.717, 1.165) is 12.1 Å². The maximum atomic E-state index is 13.0. The molecular weight excluding hydrogens is 227 g/mol. The van der Waals surface area contributed by atoms with Crippen LogP contribution in [-0.4, -0.2) is 25.5 Å². The SMILES string of the molecule is COC(=O)c1ccc(F)cc1NC(=O)CCN. The number of nitrogens with one attached hydrogen (secondary N) is 1. The molecule has 0 aliphatic carbocycles. The van der Waals surface area contributed by atoms with E-state index >= 15 is 0 Å². The molecule has 6 heteroatoms. The van der Waals surface area contributed by atoms with Gasteiger partial charge in [-0.15, -0.1) is 0 Å². The summed E-state index contributed by atoms with van der Waals surface area (Å²) in [5.74, 6) is -1.59. The summed E-state index contributed by atoms with van der Waals surface area (Å²) in [5.41, 5.74) is 5.39. The molecule has 0 atom stereocenters. The molecule has 5 nitrogen and oxygen atoms in total. The van der Waals surface area contributed by atoms with Crippen molar-refractivity contribution in [1.82, 2.24) is 0 Å². The van der Waals surface area contributed by atoms with Gasteiger partial charge in [-0.2, -0.15) is 0 Å². The number of ether oxygens (including phenoxy) is 1. The topological polar surface area (TPSA) is 81.4 Å². The number of esters is 1. The standard InChI is InChI=1S/C11H13FN2O3/c1-17-11(16)8-3-2-7(12)6-9(8)14-10(15)4-5-13/h2-3,6H,4-5,13H2,1H3,(H,14,15). The van der Waals surface area contributed by atoms with Gasteiger partial charge in [-0.3, -0.25) is 4.79 Å². The normalized spacial score (nSPS) is 9.82. The summed E-state index contributed by atoms with van der Waals surface area (Å²) < 4.78 is 17.5.